The van der Waals surface area contributed by atoms with Crippen molar-refractivity contribution in [2.24, 2.45) is 0 Å². The lowest BCUT2D eigenvalue weighted by Gasteiger charge is -2.39. The van der Waals surface area contributed by atoms with Gasteiger partial charge >= 0.3 is 0 Å². The summed E-state index contributed by atoms with van der Waals surface area (Å²) < 4.78 is 4.98. The van der Waals surface area contributed by atoms with Crippen molar-refractivity contribution in [1.29, 1.82) is 0 Å². The Bertz CT molecular complexity index is 249. The molecule has 0 aromatic rings. The maximum Gasteiger partial charge on any atom is 0.266 e. The van der Waals surface area contributed by atoms with Gasteiger partial charge in [0.15, 0.2) is 6.10 Å². The second-order valence-electron chi connectivity index (χ2n) is 3.49. The van der Waals surface area contributed by atoms with Crippen molar-refractivity contribution in [3.8, 4) is 0 Å². The van der Waals surface area contributed by atoms with Gasteiger partial charge in [0, 0.05) is 7.05 Å². The average Bonchev–Trinajstić information content (AvgIpc) is 2.27. The van der Waals surface area contributed by atoms with Crippen molar-refractivity contribution in [1.82, 2.24) is 10.9 Å². The van der Waals surface area contributed by atoms with E-state index in [2.05, 4.69) is 10.9 Å². The Labute approximate surface area is 91.8 Å². The lowest BCUT2D eigenvalue weighted by Crippen LogP contribution is -2.63. The van der Waals surface area contributed by atoms with E-state index in [1.807, 2.05) is 0 Å². The largest absolute Gasteiger partial charge is 0.394 e. The van der Waals surface area contributed by atoms with Gasteiger partial charge in [-0.1, -0.05) is 0 Å². The van der Waals surface area contributed by atoms with Crippen molar-refractivity contribution in [3.63, 3.8) is 0 Å². The Hall–Kier alpha value is -0.770. The Balaban J connectivity index is 2.74. The van der Waals surface area contributed by atoms with Crippen LogP contribution in [0, 0.1) is 0 Å². The van der Waals surface area contributed by atoms with Crippen LogP contribution in [0.3, 0.4) is 0 Å². The van der Waals surface area contributed by atoms with Gasteiger partial charge in [0.2, 0.25) is 0 Å². The Morgan fingerprint density at radius 3 is 2.38 bits per heavy atom. The molecule has 1 aliphatic rings. The van der Waals surface area contributed by atoms with Gasteiger partial charge in [-0.2, -0.15) is 0 Å². The van der Waals surface area contributed by atoms with E-state index in [4.69, 9.17) is 9.84 Å². The third-order valence-electron chi connectivity index (χ3n) is 2.40. The number of hydrazine groups is 1. The van der Waals surface area contributed by atoms with Gasteiger partial charge in [0.05, 0.1) is 6.61 Å². The first-order chi connectivity index (χ1) is 7.52. The van der Waals surface area contributed by atoms with Crippen LogP contribution in [0.15, 0.2) is 0 Å². The van der Waals surface area contributed by atoms with Crippen molar-refractivity contribution in [2.45, 2.75) is 30.5 Å². The smallest absolute Gasteiger partial charge is 0.266 e. The fraction of sp³-hybridized carbons (Fsp3) is 0.875. The number of hydrogen-bond donors (Lipinski definition) is 6. The van der Waals surface area contributed by atoms with E-state index in [0.717, 1.165) is 0 Å². The van der Waals surface area contributed by atoms with Gasteiger partial charge < -0.3 is 25.2 Å². The second-order valence-corrected chi connectivity index (χ2v) is 3.49. The summed E-state index contributed by atoms with van der Waals surface area (Å²) in [6.45, 7) is -0.561. The minimum atomic E-state index is -1.55. The van der Waals surface area contributed by atoms with Crippen LogP contribution < -0.4 is 10.9 Å². The van der Waals surface area contributed by atoms with E-state index in [-0.39, 0.29) is 0 Å². The second kappa shape index (κ2) is 5.53. The molecular weight excluding hydrogens is 220 g/mol. The molecule has 0 aliphatic carbocycles. The number of rotatable bonds is 3. The summed E-state index contributed by atoms with van der Waals surface area (Å²) in [7, 11) is 1.45. The molecule has 8 nitrogen and oxygen atoms in total. The molecule has 94 valence electrons. The Morgan fingerprint density at radius 1 is 1.25 bits per heavy atom. The monoisotopic (exact) mass is 236 g/mol. The molecule has 1 heterocycles. The highest BCUT2D eigenvalue weighted by atomic mass is 16.5. The summed E-state index contributed by atoms with van der Waals surface area (Å²) in [5.74, 6) is -0.695. The molecule has 0 aromatic heterocycles. The number of aliphatic hydroxyl groups excluding tert-OH is 4. The molecular formula is C8H16N2O6. The number of aliphatic hydroxyl groups is 4. The molecule has 16 heavy (non-hydrogen) atoms. The summed E-state index contributed by atoms with van der Waals surface area (Å²) in [4.78, 5) is 11.4. The van der Waals surface area contributed by atoms with E-state index in [0.29, 0.717) is 0 Å². The van der Waals surface area contributed by atoms with Crippen LogP contribution in [0.4, 0.5) is 0 Å². The molecule has 0 saturated carbocycles. The molecule has 0 aromatic carbocycles. The maximum absolute atomic E-state index is 11.4. The first-order valence-corrected chi connectivity index (χ1v) is 4.80. The summed E-state index contributed by atoms with van der Waals surface area (Å²) in [5.41, 5.74) is 4.52. The molecule has 1 saturated heterocycles. The Kier molecular flexibility index (Phi) is 4.59. The van der Waals surface area contributed by atoms with Gasteiger partial charge in [-0.15, -0.1) is 0 Å². The molecule has 8 heteroatoms. The maximum atomic E-state index is 11.4. The Morgan fingerprint density at radius 2 is 1.88 bits per heavy atom. The lowest BCUT2D eigenvalue weighted by atomic mass is 9.95. The number of ether oxygens (including phenoxy) is 1. The van der Waals surface area contributed by atoms with E-state index < -0.39 is 43.0 Å². The van der Waals surface area contributed by atoms with Crippen LogP contribution in [-0.2, 0) is 9.53 Å². The molecule has 1 aliphatic heterocycles. The minimum Gasteiger partial charge on any atom is -0.394 e. The standard InChI is InChI=1S/C8H16N2O6/c1-9-10-8(15)7-6(14)5(13)4(12)3(2-11)16-7/h3-7,9,11-14H,2H2,1H3,(H,10,15)/t3-,4-,5+,6-,7+/m1/s1. The highest BCUT2D eigenvalue weighted by Crippen LogP contribution is 2.20. The average molecular weight is 236 g/mol. The normalized spacial score (nSPS) is 39.4. The third-order valence-corrected chi connectivity index (χ3v) is 2.40. The summed E-state index contributed by atoms with van der Waals surface area (Å²) >= 11 is 0. The number of hydrogen-bond acceptors (Lipinski definition) is 7. The van der Waals surface area contributed by atoms with E-state index in [1.165, 1.54) is 7.05 Å². The predicted molar refractivity (Wildman–Crippen MR) is 51.0 cm³/mol. The minimum absolute atomic E-state index is 0.561. The van der Waals surface area contributed by atoms with E-state index in [1.54, 1.807) is 0 Å². The van der Waals surface area contributed by atoms with Gasteiger partial charge in [-0.05, 0) is 0 Å². The predicted octanol–water partition coefficient (Wildman–Crippen LogP) is -3.92. The number of amides is 1. The van der Waals surface area contributed by atoms with Crippen molar-refractivity contribution >= 4 is 5.91 Å². The van der Waals surface area contributed by atoms with Gasteiger partial charge in [-0.3, -0.25) is 10.2 Å². The third kappa shape index (κ3) is 2.48. The van der Waals surface area contributed by atoms with E-state index >= 15 is 0 Å². The topological polar surface area (TPSA) is 131 Å². The molecule has 0 unspecified atom stereocenters. The van der Waals surface area contributed by atoms with Crippen molar-refractivity contribution in [2.75, 3.05) is 13.7 Å². The van der Waals surface area contributed by atoms with Crippen molar-refractivity contribution < 1.29 is 30.0 Å². The van der Waals surface area contributed by atoms with Crippen LogP contribution in [0.1, 0.15) is 0 Å². The van der Waals surface area contributed by atoms with E-state index in [9.17, 15) is 20.1 Å². The van der Waals surface area contributed by atoms with Gasteiger partial charge in [0.25, 0.3) is 5.91 Å². The number of nitrogens with one attached hydrogen (secondary N) is 2. The van der Waals surface area contributed by atoms with Crippen LogP contribution >= 0.6 is 0 Å². The van der Waals surface area contributed by atoms with Crippen LogP contribution in [0.25, 0.3) is 0 Å². The zero-order chi connectivity index (χ0) is 12.3. The number of carbonyl (C=O) groups is 1. The molecule has 1 amide bonds. The number of carbonyl (C=O) groups excluding carboxylic acids is 1. The summed E-state index contributed by atoms with van der Waals surface area (Å²) in [6, 6.07) is 0. The fourth-order valence-corrected chi connectivity index (χ4v) is 1.51. The lowest BCUT2D eigenvalue weighted by molar-refractivity contribution is -0.227. The molecule has 1 fully saturated rings. The highest BCUT2D eigenvalue weighted by molar-refractivity contribution is 5.81. The first-order valence-electron chi connectivity index (χ1n) is 4.80. The zero-order valence-electron chi connectivity index (χ0n) is 8.70. The molecule has 1 rings (SSSR count). The van der Waals surface area contributed by atoms with Crippen LogP contribution in [0.5, 0.6) is 0 Å². The quantitative estimate of drug-likeness (QED) is 0.276. The fourth-order valence-electron chi connectivity index (χ4n) is 1.51. The van der Waals surface area contributed by atoms with Crippen molar-refractivity contribution in [3.05, 3.63) is 0 Å². The summed E-state index contributed by atoms with van der Waals surface area (Å²) in [5, 5.41) is 37.2. The summed E-state index contributed by atoms with van der Waals surface area (Å²) in [6.07, 6.45) is -6.97. The zero-order valence-corrected chi connectivity index (χ0v) is 8.70. The van der Waals surface area contributed by atoms with Crippen LogP contribution in [0.2, 0.25) is 0 Å². The molecule has 0 bridgehead atoms. The molecule has 0 spiro atoms. The SMILES string of the molecule is CNNC(=O)[C@H]1O[C@H](CO)[C@@H](O)[C@H](O)[C@H]1O. The molecule has 6 N–H and O–H groups in total. The molecule has 0 radical (unpaired) electrons. The molecule has 5 atom stereocenters. The van der Waals surface area contributed by atoms with Gasteiger partial charge in [-0.25, -0.2) is 5.43 Å². The van der Waals surface area contributed by atoms with Gasteiger partial charge in [0.1, 0.15) is 24.4 Å². The highest BCUT2D eigenvalue weighted by Gasteiger charge is 2.46. The first kappa shape index (κ1) is 13.3. The van der Waals surface area contributed by atoms with Crippen LogP contribution in [-0.4, -0.2) is 70.5 Å².